The van der Waals surface area contributed by atoms with Gasteiger partial charge in [-0.05, 0) is 31.2 Å². The maximum atomic E-state index is 12.1. The number of thiocarbonyl (C=S) groups is 1. The van der Waals surface area contributed by atoms with Gasteiger partial charge in [-0.1, -0.05) is 35.6 Å². The van der Waals surface area contributed by atoms with Crippen LogP contribution in [-0.2, 0) is 9.53 Å². The molecule has 0 saturated carbocycles. The predicted molar refractivity (Wildman–Crippen MR) is 106 cm³/mol. The topological polar surface area (TPSA) is 54.5 Å². The number of morpholine rings is 1. The van der Waals surface area contributed by atoms with Crippen molar-refractivity contribution in [2.24, 2.45) is 0 Å². The van der Waals surface area contributed by atoms with E-state index in [1.54, 1.807) is 0 Å². The summed E-state index contributed by atoms with van der Waals surface area (Å²) in [6, 6.07) is 8.31. The third-order valence-electron chi connectivity index (χ3n) is 4.22. The van der Waals surface area contributed by atoms with Crippen molar-refractivity contribution in [3.05, 3.63) is 40.3 Å². The van der Waals surface area contributed by atoms with Crippen molar-refractivity contribution in [2.45, 2.75) is 6.92 Å². The standard InChI is InChI=1S/C18H17N3O2S2/c1-11-2-3-14-12(8-11)9-13(10-15-17(22)20-18(24)25-15)16(19-14)21-4-6-23-7-5-21/h2-3,8-10H,4-7H2,1H3,(H,20,22,24)/b15-10-. The van der Waals surface area contributed by atoms with Crippen LogP contribution in [0.15, 0.2) is 29.2 Å². The molecule has 25 heavy (non-hydrogen) atoms. The van der Waals surface area contributed by atoms with E-state index in [1.165, 1.54) is 17.3 Å². The van der Waals surface area contributed by atoms with Gasteiger partial charge in [0.05, 0.1) is 23.6 Å². The third kappa shape index (κ3) is 3.40. The highest BCUT2D eigenvalue weighted by molar-refractivity contribution is 8.26. The van der Waals surface area contributed by atoms with Gasteiger partial charge in [-0.3, -0.25) is 4.79 Å². The van der Waals surface area contributed by atoms with Gasteiger partial charge in [0, 0.05) is 24.0 Å². The Hall–Kier alpha value is -1.96. The normalized spacial score (nSPS) is 19.7. The average Bonchev–Trinajstić information content (AvgIpc) is 2.92. The highest BCUT2D eigenvalue weighted by Gasteiger charge is 2.24. The average molecular weight is 371 g/mol. The van der Waals surface area contributed by atoms with Crippen LogP contribution in [0, 0.1) is 6.92 Å². The molecule has 5 nitrogen and oxygen atoms in total. The van der Waals surface area contributed by atoms with Crippen LogP contribution in [0.3, 0.4) is 0 Å². The van der Waals surface area contributed by atoms with Crippen LogP contribution in [0.2, 0.25) is 0 Å². The number of ether oxygens (including phenoxy) is 1. The molecule has 2 saturated heterocycles. The second-order valence-electron chi connectivity index (χ2n) is 6.05. The first-order chi connectivity index (χ1) is 12.1. The van der Waals surface area contributed by atoms with Crippen molar-refractivity contribution in [1.82, 2.24) is 10.3 Å². The number of nitrogens with one attached hydrogen (secondary N) is 1. The van der Waals surface area contributed by atoms with Crippen LogP contribution in [0.4, 0.5) is 5.82 Å². The summed E-state index contributed by atoms with van der Waals surface area (Å²) in [7, 11) is 0. The van der Waals surface area contributed by atoms with Crippen molar-refractivity contribution < 1.29 is 9.53 Å². The predicted octanol–water partition coefficient (Wildman–Crippen LogP) is 2.87. The second kappa shape index (κ2) is 6.74. The number of carbonyl (C=O) groups excluding carboxylic acids is 1. The molecule has 0 aliphatic carbocycles. The van der Waals surface area contributed by atoms with Gasteiger partial charge in [-0.25, -0.2) is 4.98 Å². The zero-order chi connectivity index (χ0) is 17.4. The van der Waals surface area contributed by atoms with Crippen LogP contribution >= 0.6 is 24.0 Å². The van der Waals surface area contributed by atoms with E-state index in [4.69, 9.17) is 21.9 Å². The first-order valence-corrected chi connectivity index (χ1v) is 9.31. The van der Waals surface area contributed by atoms with E-state index in [0.717, 1.165) is 35.4 Å². The fraction of sp³-hybridized carbons (Fsp3) is 0.278. The first kappa shape index (κ1) is 16.5. The van der Waals surface area contributed by atoms with E-state index in [-0.39, 0.29) is 5.91 Å². The summed E-state index contributed by atoms with van der Waals surface area (Å²) < 4.78 is 5.95. The van der Waals surface area contributed by atoms with Crippen molar-refractivity contribution in [3.8, 4) is 0 Å². The number of hydrogen-bond acceptors (Lipinski definition) is 6. The Bertz CT molecular complexity index is 905. The lowest BCUT2D eigenvalue weighted by molar-refractivity contribution is -0.115. The van der Waals surface area contributed by atoms with Gasteiger partial charge < -0.3 is 15.0 Å². The molecule has 0 unspecified atom stereocenters. The van der Waals surface area contributed by atoms with E-state index >= 15 is 0 Å². The molecule has 2 aliphatic heterocycles. The Labute approximate surface area is 155 Å². The summed E-state index contributed by atoms with van der Waals surface area (Å²) in [6.45, 7) is 5.01. The molecular weight excluding hydrogens is 354 g/mol. The number of aromatic nitrogens is 1. The van der Waals surface area contributed by atoms with Gasteiger partial charge >= 0.3 is 0 Å². The quantitative estimate of drug-likeness (QED) is 0.647. The van der Waals surface area contributed by atoms with E-state index in [0.29, 0.717) is 22.4 Å². The van der Waals surface area contributed by atoms with E-state index in [9.17, 15) is 4.79 Å². The smallest absolute Gasteiger partial charge is 0.263 e. The highest BCUT2D eigenvalue weighted by Crippen LogP contribution is 2.31. The number of rotatable bonds is 2. The number of aryl methyl sites for hydroxylation is 1. The van der Waals surface area contributed by atoms with Gasteiger partial charge in [-0.2, -0.15) is 0 Å². The number of hydrogen-bond donors (Lipinski definition) is 1. The number of benzene rings is 1. The van der Waals surface area contributed by atoms with E-state index in [2.05, 4.69) is 35.3 Å². The summed E-state index contributed by atoms with van der Waals surface area (Å²) in [5.74, 6) is 0.741. The van der Waals surface area contributed by atoms with Crippen LogP contribution in [0.5, 0.6) is 0 Å². The number of fused-ring (bicyclic) bond motifs is 1. The Morgan fingerprint density at radius 1 is 1.32 bits per heavy atom. The number of carbonyl (C=O) groups is 1. The molecule has 128 valence electrons. The van der Waals surface area contributed by atoms with Gasteiger partial charge in [0.15, 0.2) is 0 Å². The fourth-order valence-electron chi connectivity index (χ4n) is 3.00. The summed E-state index contributed by atoms with van der Waals surface area (Å²) in [5.41, 5.74) is 3.07. The molecule has 0 atom stereocenters. The zero-order valence-corrected chi connectivity index (χ0v) is 15.4. The monoisotopic (exact) mass is 371 g/mol. The Balaban J connectivity index is 1.85. The van der Waals surface area contributed by atoms with Crippen molar-refractivity contribution >= 4 is 57.0 Å². The summed E-state index contributed by atoms with van der Waals surface area (Å²) in [5, 5.41) is 3.73. The van der Waals surface area contributed by atoms with Crippen LogP contribution in [-0.4, -0.2) is 41.5 Å². The molecule has 1 aromatic heterocycles. The van der Waals surface area contributed by atoms with Crippen molar-refractivity contribution in [2.75, 3.05) is 31.2 Å². The minimum absolute atomic E-state index is 0.146. The maximum absolute atomic E-state index is 12.1. The van der Waals surface area contributed by atoms with Crippen LogP contribution in [0.1, 0.15) is 11.1 Å². The number of amides is 1. The first-order valence-electron chi connectivity index (χ1n) is 8.09. The van der Waals surface area contributed by atoms with Gasteiger partial charge in [0.1, 0.15) is 10.1 Å². The maximum Gasteiger partial charge on any atom is 0.263 e. The molecule has 2 aliphatic rings. The molecule has 1 aromatic carbocycles. The van der Waals surface area contributed by atoms with Crippen molar-refractivity contribution in [1.29, 1.82) is 0 Å². The number of anilines is 1. The molecule has 1 amide bonds. The fourth-order valence-corrected chi connectivity index (χ4v) is 4.03. The minimum Gasteiger partial charge on any atom is -0.378 e. The third-order valence-corrected chi connectivity index (χ3v) is 5.38. The van der Waals surface area contributed by atoms with Gasteiger partial charge in [0.25, 0.3) is 5.91 Å². The lowest BCUT2D eigenvalue weighted by Gasteiger charge is -2.29. The molecule has 1 N–H and O–H groups in total. The Morgan fingerprint density at radius 3 is 2.84 bits per heavy atom. The zero-order valence-electron chi connectivity index (χ0n) is 13.7. The summed E-state index contributed by atoms with van der Waals surface area (Å²) in [6.07, 6.45) is 1.89. The van der Waals surface area contributed by atoms with E-state index in [1.807, 2.05) is 12.1 Å². The molecule has 0 radical (unpaired) electrons. The molecule has 7 heteroatoms. The number of pyridine rings is 1. The van der Waals surface area contributed by atoms with Gasteiger partial charge in [-0.15, -0.1) is 0 Å². The molecule has 3 heterocycles. The minimum atomic E-state index is -0.146. The SMILES string of the molecule is Cc1ccc2nc(N3CCOCC3)c(/C=C3\SC(=S)NC3=O)cc2c1. The van der Waals surface area contributed by atoms with Gasteiger partial charge in [0.2, 0.25) is 0 Å². The highest BCUT2D eigenvalue weighted by atomic mass is 32.2. The summed E-state index contributed by atoms with van der Waals surface area (Å²) in [4.78, 5) is 19.7. The molecule has 4 rings (SSSR count). The second-order valence-corrected chi connectivity index (χ2v) is 7.77. The molecule has 2 aromatic rings. The largest absolute Gasteiger partial charge is 0.378 e. The number of nitrogens with zero attached hydrogens (tertiary/aromatic N) is 2. The molecule has 2 fully saturated rings. The Kier molecular flexibility index (Phi) is 4.45. The number of thioether (sulfide) groups is 1. The lowest BCUT2D eigenvalue weighted by Crippen LogP contribution is -2.37. The molecule has 0 spiro atoms. The molecule has 0 bridgehead atoms. The molecular formula is C18H17N3O2S2. The Morgan fingerprint density at radius 2 is 2.12 bits per heavy atom. The van der Waals surface area contributed by atoms with Crippen LogP contribution < -0.4 is 10.2 Å². The van der Waals surface area contributed by atoms with Crippen LogP contribution in [0.25, 0.3) is 17.0 Å². The summed E-state index contributed by atoms with van der Waals surface area (Å²) >= 11 is 6.38. The van der Waals surface area contributed by atoms with E-state index < -0.39 is 0 Å². The lowest BCUT2D eigenvalue weighted by atomic mass is 10.1. The van der Waals surface area contributed by atoms with Crippen molar-refractivity contribution in [3.63, 3.8) is 0 Å².